The first kappa shape index (κ1) is 21.4. The molecule has 5 aliphatic rings. The second-order valence-corrected chi connectivity index (χ2v) is 10.6. The van der Waals surface area contributed by atoms with Gasteiger partial charge in [0.1, 0.15) is 11.9 Å². The van der Waals surface area contributed by atoms with Crippen molar-refractivity contribution in [1.29, 1.82) is 0 Å². The minimum atomic E-state index is -0.185. The van der Waals surface area contributed by atoms with Crippen molar-refractivity contribution in [3.05, 3.63) is 58.9 Å². The van der Waals surface area contributed by atoms with Crippen LogP contribution < -0.4 is 5.32 Å². The van der Waals surface area contributed by atoms with Gasteiger partial charge in [-0.3, -0.25) is 0 Å². The summed E-state index contributed by atoms with van der Waals surface area (Å²) in [4.78, 5) is 7.25. The van der Waals surface area contributed by atoms with E-state index in [0.29, 0.717) is 11.8 Å². The van der Waals surface area contributed by atoms with Crippen molar-refractivity contribution >= 4 is 6.02 Å². The van der Waals surface area contributed by atoms with E-state index in [9.17, 15) is 4.39 Å². The molecule has 2 aliphatic carbocycles. The molecule has 0 amide bonds. The third kappa shape index (κ3) is 4.25. The predicted molar refractivity (Wildman–Crippen MR) is 129 cm³/mol. The molecule has 3 aliphatic heterocycles. The Kier molecular flexibility index (Phi) is 6.00. The number of hydrogen-bond donors (Lipinski definition) is 1. The Bertz CT molecular complexity index is 940. The summed E-state index contributed by atoms with van der Waals surface area (Å²) in [6.07, 6.45) is 15.3. The van der Waals surface area contributed by atoms with Crippen LogP contribution in [0.3, 0.4) is 0 Å². The van der Waals surface area contributed by atoms with Crippen LogP contribution in [-0.2, 0) is 4.74 Å². The van der Waals surface area contributed by atoms with E-state index in [1.807, 2.05) is 12.1 Å². The maximum atomic E-state index is 13.8. The van der Waals surface area contributed by atoms with Gasteiger partial charge in [0.05, 0.1) is 12.6 Å². The van der Waals surface area contributed by atoms with E-state index in [4.69, 9.17) is 9.73 Å². The number of nitrogens with zero attached hydrogens (tertiary/aromatic N) is 2. The second-order valence-electron chi connectivity index (χ2n) is 10.6. The number of hydrogen-bond acceptors (Lipinski definition) is 4. The molecule has 33 heavy (non-hydrogen) atoms. The SMILES string of the molecule is Fc1ccc([C@H]2C3=C(CCN2C2=NC[C@H]([C@H]4CCCNC4)O2)CC(C2CCCC2)C=C3)cc1. The lowest BCUT2D eigenvalue weighted by atomic mass is 9.76. The lowest BCUT2D eigenvalue weighted by molar-refractivity contribution is 0.104. The highest BCUT2D eigenvalue weighted by molar-refractivity contribution is 5.77. The molecule has 1 saturated carbocycles. The minimum Gasteiger partial charge on any atom is -0.460 e. The molecule has 1 aromatic carbocycles. The Morgan fingerprint density at radius 1 is 1.03 bits per heavy atom. The summed E-state index contributed by atoms with van der Waals surface area (Å²) in [7, 11) is 0. The van der Waals surface area contributed by atoms with E-state index in [0.717, 1.165) is 50.1 Å². The maximum Gasteiger partial charge on any atom is 0.288 e. The van der Waals surface area contributed by atoms with Crippen molar-refractivity contribution < 1.29 is 9.13 Å². The molecule has 1 saturated heterocycles. The number of benzene rings is 1. The third-order valence-electron chi connectivity index (χ3n) is 8.63. The maximum absolute atomic E-state index is 13.8. The number of amidine groups is 1. The van der Waals surface area contributed by atoms with E-state index >= 15 is 0 Å². The van der Waals surface area contributed by atoms with Gasteiger partial charge < -0.3 is 15.0 Å². The molecule has 1 unspecified atom stereocenters. The lowest BCUT2D eigenvalue weighted by Gasteiger charge is -2.42. The van der Waals surface area contributed by atoms with Gasteiger partial charge in [-0.15, -0.1) is 0 Å². The summed E-state index contributed by atoms with van der Waals surface area (Å²) in [6, 6.07) is 7.90. The highest BCUT2D eigenvalue weighted by atomic mass is 19.1. The minimum absolute atomic E-state index is 0.0529. The van der Waals surface area contributed by atoms with Crippen LogP contribution >= 0.6 is 0 Å². The number of piperidine rings is 1. The molecule has 1 N–H and O–H groups in total. The average Bonchev–Trinajstić information content (AvgIpc) is 3.57. The van der Waals surface area contributed by atoms with Crippen molar-refractivity contribution in [3.8, 4) is 0 Å². The van der Waals surface area contributed by atoms with Crippen LogP contribution in [0.25, 0.3) is 0 Å². The van der Waals surface area contributed by atoms with Gasteiger partial charge in [-0.05, 0) is 80.2 Å². The average molecular weight is 450 g/mol. The highest BCUT2D eigenvalue weighted by Gasteiger charge is 2.39. The zero-order valence-electron chi connectivity index (χ0n) is 19.5. The summed E-state index contributed by atoms with van der Waals surface area (Å²) in [5, 5.41) is 3.51. The van der Waals surface area contributed by atoms with Crippen LogP contribution in [0.2, 0.25) is 0 Å². The van der Waals surface area contributed by atoms with E-state index in [2.05, 4.69) is 22.4 Å². The summed E-state index contributed by atoms with van der Waals surface area (Å²) in [5.74, 6) is 1.89. The van der Waals surface area contributed by atoms with Crippen LogP contribution in [0, 0.1) is 23.6 Å². The topological polar surface area (TPSA) is 36.9 Å². The molecular formula is C28H36FN3O. The number of nitrogens with one attached hydrogen (secondary N) is 1. The smallest absolute Gasteiger partial charge is 0.288 e. The molecule has 5 heteroatoms. The van der Waals surface area contributed by atoms with Crippen molar-refractivity contribution in [1.82, 2.24) is 10.2 Å². The first-order valence-electron chi connectivity index (χ1n) is 13.1. The summed E-state index contributed by atoms with van der Waals surface area (Å²) >= 11 is 0. The fraction of sp³-hybridized carbons (Fsp3) is 0.607. The van der Waals surface area contributed by atoms with Gasteiger partial charge in [-0.1, -0.05) is 42.7 Å². The first-order chi connectivity index (χ1) is 16.3. The van der Waals surface area contributed by atoms with Crippen LogP contribution in [0.4, 0.5) is 4.39 Å². The van der Waals surface area contributed by atoms with Gasteiger partial charge in [-0.25, -0.2) is 9.38 Å². The Balaban J connectivity index is 1.26. The number of allylic oxidation sites excluding steroid dienone is 1. The van der Waals surface area contributed by atoms with E-state index in [1.165, 1.54) is 50.5 Å². The number of rotatable bonds is 3. The molecule has 0 radical (unpaired) electrons. The van der Waals surface area contributed by atoms with E-state index in [-0.39, 0.29) is 18.0 Å². The molecule has 176 valence electrons. The van der Waals surface area contributed by atoms with Crippen LogP contribution in [-0.4, -0.2) is 43.2 Å². The molecule has 0 aromatic heterocycles. The van der Waals surface area contributed by atoms with Gasteiger partial charge >= 0.3 is 0 Å². The highest BCUT2D eigenvalue weighted by Crippen LogP contribution is 2.45. The standard InChI is InChI=1S/C28H36FN3O/c29-24-10-7-20(8-11-24)27-25-12-9-21(19-4-1-2-5-19)16-22(25)13-15-32(27)28-31-18-26(33-28)23-6-3-14-30-17-23/h7-12,19,21,23,26-27,30H,1-6,13-18H2/t21?,23-,26+,27-/m0/s1. The van der Waals surface area contributed by atoms with Crippen molar-refractivity contribution in [2.24, 2.45) is 22.7 Å². The molecule has 4 atom stereocenters. The van der Waals surface area contributed by atoms with Gasteiger partial charge in [0.15, 0.2) is 0 Å². The Hall–Kier alpha value is -2.14. The summed E-state index contributed by atoms with van der Waals surface area (Å²) in [5.41, 5.74) is 4.10. The quantitative estimate of drug-likeness (QED) is 0.672. The molecule has 1 aromatic rings. The van der Waals surface area contributed by atoms with Gasteiger partial charge in [0.25, 0.3) is 6.02 Å². The first-order valence-corrected chi connectivity index (χ1v) is 13.1. The monoisotopic (exact) mass is 449 g/mol. The van der Waals surface area contributed by atoms with E-state index < -0.39 is 0 Å². The molecular weight excluding hydrogens is 413 g/mol. The van der Waals surface area contributed by atoms with Gasteiger partial charge in [-0.2, -0.15) is 0 Å². The summed E-state index contributed by atoms with van der Waals surface area (Å²) in [6.45, 7) is 3.80. The van der Waals surface area contributed by atoms with Crippen LogP contribution in [0.1, 0.15) is 63.0 Å². The fourth-order valence-corrected chi connectivity index (χ4v) is 6.80. The zero-order valence-corrected chi connectivity index (χ0v) is 19.5. The number of ether oxygens (including phenoxy) is 1. The zero-order chi connectivity index (χ0) is 22.2. The molecule has 6 rings (SSSR count). The molecule has 2 fully saturated rings. The van der Waals surface area contributed by atoms with Gasteiger partial charge in [0.2, 0.25) is 0 Å². The van der Waals surface area contributed by atoms with Crippen molar-refractivity contribution in [2.75, 3.05) is 26.2 Å². The molecule has 3 heterocycles. The largest absolute Gasteiger partial charge is 0.460 e. The Labute approximate surface area is 197 Å². The normalized spacial score (nSPS) is 32.6. The number of aliphatic imine (C=N–C) groups is 1. The third-order valence-corrected chi connectivity index (χ3v) is 8.63. The fourth-order valence-electron chi connectivity index (χ4n) is 6.80. The Morgan fingerprint density at radius 3 is 2.64 bits per heavy atom. The second kappa shape index (κ2) is 9.25. The van der Waals surface area contributed by atoms with E-state index in [1.54, 1.807) is 17.7 Å². The van der Waals surface area contributed by atoms with Gasteiger partial charge in [0, 0.05) is 19.0 Å². The van der Waals surface area contributed by atoms with Crippen molar-refractivity contribution in [3.63, 3.8) is 0 Å². The summed E-state index contributed by atoms with van der Waals surface area (Å²) < 4.78 is 20.3. The number of halogens is 1. The lowest BCUT2D eigenvalue weighted by Crippen LogP contribution is -2.43. The molecule has 0 spiro atoms. The predicted octanol–water partition coefficient (Wildman–Crippen LogP) is 5.39. The van der Waals surface area contributed by atoms with Crippen LogP contribution in [0.5, 0.6) is 0 Å². The Morgan fingerprint density at radius 2 is 1.85 bits per heavy atom. The molecule has 4 nitrogen and oxygen atoms in total. The molecule has 0 bridgehead atoms. The van der Waals surface area contributed by atoms with Crippen LogP contribution in [0.15, 0.2) is 52.6 Å². The van der Waals surface area contributed by atoms with Crippen molar-refractivity contribution in [2.45, 2.75) is 63.5 Å².